The summed E-state index contributed by atoms with van der Waals surface area (Å²) in [5.74, 6) is -1.94. The van der Waals surface area contributed by atoms with Crippen LogP contribution in [-0.2, 0) is 6.54 Å². The number of nitro benzene ring substituents is 1. The van der Waals surface area contributed by atoms with E-state index in [4.69, 9.17) is 4.52 Å². The fraction of sp³-hybridized carbons (Fsp3) is 0.111. The van der Waals surface area contributed by atoms with Crippen LogP contribution in [0.15, 0.2) is 47.0 Å². The standard InChI is InChI=1S/C18H13F2N3O4/c1-10-13(3-2-4-16(10)23(25)26)18(24)21-9-12-8-17(27-22-12)14-6-5-11(19)7-15(14)20/h2-8H,9H2,1H3,(H,21,24). The summed E-state index contributed by atoms with van der Waals surface area (Å²) in [4.78, 5) is 22.7. The van der Waals surface area contributed by atoms with Crippen LogP contribution in [0.4, 0.5) is 14.5 Å². The molecule has 0 fully saturated rings. The number of nitro groups is 1. The van der Waals surface area contributed by atoms with E-state index in [2.05, 4.69) is 10.5 Å². The fourth-order valence-corrected chi connectivity index (χ4v) is 2.54. The van der Waals surface area contributed by atoms with Crippen LogP contribution in [-0.4, -0.2) is 16.0 Å². The molecule has 7 nitrogen and oxygen atoms in total. The average Bonchev–Trinajstić information content (AvgIpc) is 3.08. The van der Waals surface area contributed by atoms with E-state index in [0.29, 0.717) is 5.69 Å². The number of nitrogens with zero attached hydrogens (tertiary/aromatic N) is 2. The maximum absolute atomic E-state index is 13.8. The quantitative estimate of drug-likeness (QED) is 0.542. The van der Waals surface area contributed by atoms with Crippen molar-refractivity contribution in [1.29, 1.82) is 0 Å². The number of carbonyl (C=O) groups excluding carboxylic acids is 1. The zero-order valence-corrected chi connectivity index (χ0v) is 14.0. The van der Waals surface area contributed by atoms with Gasteiger partial charge in [-0.1, -0.05) is 11.2 Å². The number of aromatic nitrogens is 1. The van der Waals surface area contributed by atoms with E-state index in [1.807, 2.05) is 0 Å². The molecule has 0 radical (unpaired) electrons. The number of hydrogen-bond donors (Lipinski definition) is 1. The first kappa shape index (κ1) is 18.2. The molecule has 0 saturated heterocycles. The first-order valence-corrected chi connectivity index (χ1v) is 7.80. The highest BCUT2D eigenvalue weighted by Gasteiger charge is 2.18. The summed E-state index contributed by atoms with van der Waals surface area (Å²) in [6.45, 7) is 1.45. The van der Waals surface area contributed by atoms with Crippen molar-refractivity contribution in [3.8, 4) is 11.3 Å². The SMILES string of the molecule is Cc1c(C(=O)NCc2cc(-c3ccc(F)cc3F)on2)cccc1[N+](=O)[O-]. The van der Waals surface area contributed by atoms with E-state index < -0.39 is 22.5 Å². The number of benzene rings is 2. The Balaban J connectivity index is 1.73. The van der Waals surface area contributed by atoms with Crippen molar-refractivity contribution in [2.24, 2.45) is 0 Å². The number of carbonyl (C=O) groups is 1. The summed E-state index contributed by atoms with van der Waals surface area (Å²) < 4.78 is 31.8. The average molecular weight is 373 g/mol. The lowest BCUT2D eigenvalue weighted by molar-refractivity contribution is -0.385. The molecule has 1 amide bonds. The molecule has 0 atom stereocenters. The molecule has 0 aliphatic heterocycles. The predicted octanol–water partition coefficient (Wildman–Crippen LogP) is 3.77. The zero-order valence-electron chi connectivity index (χ0n) is 14.0. The molecule has 3 rings (SSSR count). The molecule has 1 N–H and O–H groups in total. The lowest BCUT2D eigenvalue weighted by atomic mass is 10.1. The van der Waals surface area contributed by atoms with Crippen LogP contribution < -0.4 is 5.32 Å². The van der Waals surface area contributed by atoms with Gasteiger partial charge in [-0.05, 0) is 25.1 Å². The molecule has 0 aliphatic carbocycles. The smallest absolute Gasteiger partial charge is 0.273 e. The molecule has 0 aliphatic rings. The second-order valence-electron chi connectivity index (χ2n) is 5.70. The van der Waals surface area contributed by atoms with Gasteiger partial charge in [0, 0.05) is 29.3 Å². The highest BCUT2D eigenvalue weighted by molar-refractivity contribution is 5.96. The largest absolute Gasteiger partial charge is 0.356 e. The lowest BCUT2D eigenvalue weighted by Gasteiger charge is -2.06. The van der Waals surface area contributed by atoms with Gasteiger partial charge < -0.3 is 9.84 Å². The number of halogens is 2. The molecule has 138 valence electrons. The summed E-state index contributed by atoms with van der Waals surface area (Å²) in [6, 6.07) is 8.66. The maximum atomic E-state index is 13.8. The van der Waals surface area contributed by atoms with E-state index >= 15 is 0 Å². The van der Waals surface area contributed by atoms with Gasteiger partial charge in [0.15, 0.2) is 5.76 Å². The molecular formula is C18H13F2N3O4. The molecule has 3 aromatic rings. The Bertz CT molecular complexity index is 1030. The van der Waals surface area contributed by atoms with Crippen molar-refractivity contribution in [3.05, 3.63) is 81.0 Å². The summed E-state index contributed by atoms with van der Waals surface area (Å²) in [6.07, 6.45) is 0. The molecule has 0 spiro atoms. The van der Waals surface area contributed by atoms with E-state index in [1.54, 1.807) is 0 Å². The van der Waals surface area contributed by atoms with Gasteiger partial charge in [0.2, 0.25) is 0 Å². The van der Waals surface area contributed by atoms with Gasteiger partial charge >= 0.3 is 0 Å². The van der Waals surface area contributed by atoms with Gasteiger partial charge in [0.05, 0.1) is 17.0 Å². The zero-order chi connectivity index (χ0) is 19.6. The topological polar surface area (TPSA) is 98.3 Å². The third kappa shape index (κ3) is 3.81. The predicted molar refractivity (Wildman–Crippen MR) is 90.9 cm³/mol. The van der Waals surface area contributed by atoms with E-state index in [-0.39, 0.29) is 34.7 Å². The molecule has 0 unspecified atom stereocenters. The van der Waals surface area contributed by atoms with Gasteiger partial charge in [-0.2, -0.15) is 0 Å². The van der Waals surface area contributed by atoms with Crippen molar-refractivity contribution >= 4 is 11.6 Å². The number of amides is 1. The van der Waals surface area contributed by atoms with Crippen molar-refractivity contribution in [3.63, 3.8) is 0 Å². The Hall–Kier alpha value is -3.62. The fourth-order valence-electron chi connectivity index (χ4n) is 2.54. The lowest BCUT2D eigenvalue weighted by Crippen LogP contribution is -2.24. The highest BCUT2D eigenvalue weighted by Crippen LogP contribution is 2.24. The van der Waals surface area contributed by atoms with Crippen LogP contribution in [0.3, 0.4) is 0 Å². The molecular weight excluding hydrogens is 360 g/mol. The number of hydrogen-bond acceptors (Lipinski definition) is 5. The summed E-state index contributed by atoms with van der Waals surface area (Å²) in [7, 11) is 0. The highest BCUT2D eigenvalue weighted by atomic mass is 19.1. The van der Waals surface area contributed by atoms with Gasteiger partial charge in [-0.15, -0.1) is 0 Å². The molecule has 0 saturated carbocycles. The van der Waals surface area contributed by atoms with E-state index in [9.17, 15) is 23.7 Å². The van der Waals surface area contributed by atoms with Crippen LogP contribution in [0.2, 0.25) is 0 Å². The van der Waals surface area contributed by atoms with Crippen molar-refractivity contribution in [1.82, 2.24) is 10.5 Å². The first-order valence-electron chi connectivity index (χ1n) is 7.80. The van der Waals surface area contributed by atoms with Gasteiger partial charge in [0.25, 0.3) is 11.6 Å². The summed E-state index contributed by atoms with van der Waals surface area (Å²) in [5, 5.41) is 17.3. The molecule has 1 heterocycles. The minimum absolute atomic E-state index is 0.0344. The van der Waals surface area contributed by atoms with Crippen molar-refractivity contribution in [2.45, 2.75) is 13.5 Å². The van der Waals surface area contributed by atoms with Crippen molar-refractivity contribution < 1.29 is 23.0 Å². The second-order valence-corrected chi connectivity index (χ2v) is 5.70. The first-order chi connectivity index (χ1) is 12.9. The maximum Gasteiger partial charge on any atom is 0.273 e. The second kappa shape index (κ2) is 7.32. The third-order valence-electron chi connectivity index (χ3n) is 3.93. The Kier molecular flexibility index (Phi) is 4.93. The van der Waals surface area contributed by atoms with Crippen LogP contribution in [0, 0.1) is 28.7 Å². The minimum Gasteiger partial charge on any atom is -0.356 e. The van der Waals surface area contributed by atoms with Crippen LogP contribution >= 0.6 is 0 Å². The Labute approximate surface area is 151 Å². The number of nitrogens with one attached hydrogen (secondary N) is 1. The molecule has 27 heavy (non-hydrogen) atoms. The van der Waals surface area contributed by atoms with Crippen molar-refractivity contribution in [2.75, 3.05) is 0 Å². The molecule has 9 heteroatoms. The normalized spacial score (nSPS) is 10.6. The molecule has 1 aromatic heterocycles. The molecule has 0 bridgehead atoms. The van der Waals surface area contributed by atoms with Gasteiger partial charge in [-0.3, -0.25) is 14.9 Å². The Morgan fingerprint density at radius 3 is 2.74 bits per heavy atom. The summed E-state index contributed by atoms with van der Waals surface area (Å²) in [5.41, 5.74) is 0.603. The van der Waals surface area contributed by atoms with E-state index in [1.165, 1.54) is 37.3 Å². The minimum atomic E-state index is -0.797. The Morgan fingerprint density at radius 1 is 1.26 bits per heavy atom. The van der Waals surface area contributed by atoms with Crippen LogP contribution in [0.1, 0.15) is 21.6 Å². The van der Waals surface area contributed by atoms with Gasteiger partial charge in [0.1, 0.15) is 17.3 Å². The van der Waals surface area contributed by atoms with Crippen LogP contribution in [0.5, 0.6) is 0 Å². The number of rotatable bonds is 5. The monoisotopic (exact) mass is 373 g/mol. The Morgan fingerprint density at radius 2 is 2.04 bits per heavy atom. The van der Waals surface area contributed by atoms with E-state index in [0.717, 1.165) is 12.1 Å². The third-order valence-corrected chi connectivity index (χ3v) is 3.93. The van der Waals surface area contributed by atoms with Gasteiger partial charge in [-0.25, -0.2) is 8.78 Å². The van der Waals surface area contributed by atoms with Crippen LogP contribution in [0.25, 0.3) is 11.3 Å². The molecule has 2 aromatic carbocycles. The summed E-state index contributed by atoms with van der Waals surface area (Å²) >= 11 is 0.